The van der Waals surface area contributed by atoms with E-state index in [1.807, 2.05) is 0 Å². The van der Waals surface area contributed by atoms with E-state index in [1.165, 1.54) is 0 Å². The summed E-state index contributed by atoms with van der Waals surface area (Å²) in [5.41, 5.74) is 0. The maximum Gasteiger partial charge on any atom is 0.305 e. The Hall–Kier alpha value is -0.650. The van der Waals surface area contributed by atoms with Crippen LogP contribution in [-0.4, -0.2) is 48.7 Å². The number of carboxylic acids is 1. The molecule has 5 heteroatoms. The highest BCUT2D eigenvalue weighted by molar-refractivity contribution is 5.67. The number of ether oxygens (including phenoxy) is 2. The average molecular weight is 219 g/mol. The molecule has 5 nitrogen and oxygen atoms in total. The Labute approximate surface area is 90.0 Å². The van der Waals surface area contributed by atoms with Gasteiger partial charge in [0.15, 0.2) is 0 Å². The van der Waals surface area contributed by atoms with Gasteiger partial charge in [0.1, 0.15) is 0 Å². The molecular weight excluding hydrogens is 200 g/mol. The van der Waals surface area contributed by atoms with Gasteiger partial charge in [-0.2, -0.15) is 0 Å². The van der Waals surface area contributed by atoms with Crippen molar-refractivity contribution in [3.05, 3.63) is 6.92 Å². The molecule has 0 saturated carbocycles. The highest BCUT2D eigenvalue weighted by atomic mass is 16.5. The van der Waals surface area contributed by atoms with Crippen LogP contribution in [0.4, 0.5) is 0 Å². The lowest BCUT2D eigenvalue weighted by Gasteiger charge is -2.14. The Kier molecular flexibility index (Phi) is 9.46. The van der Waals surface area contributed by atoms with Crippen molar-refractivity contribution in [3.8, 4) is 0 Å². The first-order valence-electron chi connectivity index (χ1n) is 5.02. The van der Waals surface area contributed by atoms with Gasteiger partial charge in [-0.3, -0.25) is 4.79 Å². The Balaban J connectivity index is 3.52. The van der Waals surface area contributed by atoms with Crippen LogP contribution in [0.1, 0.15) is 19.3 Å². The Morgan fingerprint density at radius 1 is 1.33 bits per heavy atom. The number of rotatable bonds is 10. The quantitative estimate of drug-likeness (QED) is 0.522. The van der Waals surface area contributed by atoms with Crippen LogP contribution in [0.25, 0.3) is 0 Å². The zero-order valence-electron chi connectivity index (χ0n) is 8.85. The van der Waals surface area contributed by atoms with Crippen molar-refractivity contribution in [1.82, 2.24) is 0 Å². The SMILES string of the molecule is [CH2]CCC(CC(=O)O)OCCOCCO. The highest BCUT2D eigenvalue weighted by Crippen LogP contribution is 2.06. The third-order valence-corrected chi connectivity index (χ3v) is 1.75. The first kappa shape index (κ1) is 14.3. The summed E-state index contributed by atoms with van der Waals surface area (Å²) in [5, 5.41) is 17.0. The van der Waals surface area contributed by atoms with Gasteiger partial charge in [0, 0.05) is 0 Å². The van der Waals surface area contributed by atoms with Gasteiger partial charge >= 0.3 is 5.97 Å². The predicted octanol–water partition coefficient (Wildman–Crippen LogP) is 0.469. The second kappa shape index (κ2) is 9.89. The summed E-state index contributed by atoms with van der Waals surface area (Å²) in [5.74, 6) is -0.871. The standard InChI is InChI=1S/C10H19O5/c1-2-3-9(8-10(12)13)15-7-6-14-5-4-11/h9,11H,1-8H2,(H,12,13). The molecule has 0 amide bonds. The largest absolute Gasteiger partial charge is 0.481 e. The van der Waals surface area contributed by atoms with Crippen LogP contribution in [-0.2, 0) is 14.3 Å². The zero-order valence-corrected chi connectivity index (χ0v) is 8.85. The van der Waals surface area contributed by atoms with Crippen molar-refractivity contribution in [2.24, 2.45) is 0 Å². The summed E-state index contributed by atoms with van der Waals surface area (Å²) < 4.78 is 10.3. The first-order valence-corrected chi connectivity index (χ1v) is 5.02. The number of aliphatic hydroxyl groups is 1. The van der Waals surface area contributed by atoms with E-state index in [2.05, 4.69) is 6.92 Å². The van der Waals surface area contributed by atoms with Gasteiger partial charge in [0.25, 0.3) is 0 Å². The van der Waals surface area contributed by atoms with Crippen molar-refractivity contribution in [3.63, 3.8) is 0 Å². The summed E-state index contributed by atoms with van der Waals surface area (Å²) in [6.45, 7) is 4.63. The molecule has 15 heavy (non-hydrogen) atoms. The molecule has 1 atom stereocenters. The highest BCUT2D eigenvalue weighted by Gasteiger charge is 2.12. The fraction of sp³-hybridized carbons (Fsp3) is 0.800. The first-order chi connectivity index (χ1) is 7.20. The number of hydrogen-bond donors (Lipinski definition) is 2. The van der Waals surface area contributed by atoms with E-state index in [-0.39, 0.29) is 25.7 Å². The Morgan fingerprint density at radius 3 is 2.60 bits per heavy atom. The minimum absolute atomic E-state index is 0.00444. The van der Waals surface area contributed by atoms with E-state index in [1.54, 1.807) is 0 Å². The molecule has 0 bridgehead atoms. The smallest absolute Gasteiger partial charge is 0.305 e. The van der Waals surface area contributed by atoms with Crippen LogP contribution in [0.15, 0.2) is 0 Å². The fourth-order valence-electron chi connectivity index (χ4n) is 1.11. The molecule has 2 N–H and O–H groups in total. The summed E-state index contributed by atoms with van der Waals surface area (Å²) >= 11 is 0. The lowest BCUT2D eigenvalue weighted by molar-refractivity contribution is -0.140. The van der Waals surface area contributed by atoms with E-state index in [0.717, 1.165) is 0 Å². The number of carbonyl (C=O) groups is 1. The maximum atomic E-state index is 10.5. The van der Waals surface area contributed by atoms with Crippen LogP contribution < -0.4 is 0 Å². The molecule has 0 spiro atoms. The zero-order chi connectivity index (χ0) is 11.5. The molecule has 0 rings (SSSR count). The molecule has 1 radical (unpaired) electrons. The van der Waals surface area contributed by atoms with Crippen molar-refractivity contribution >= 4 is 5.97 Å². The van der Waals surface area contributed by atoms with Gasteiger partial charge < -0.3 is 19.7 Å². The van der Waals surface area contributed by atoms with E-state index in [4.69, 9.17) is 19.7 Å². The molecule has 0 aliphatic carbocycles. The molecule has 0 aromatic rings. The van der Waals surface area contributed by atoms with E-state index in [9.17, 15) is 4.79 Å². The molecule has 1 unspecified atom stereocenters. The Bertz CT molecular complexity index is 160. The van der Waals surface area contributed by atoms with Crippen molar-refractivity contribution in [1.29, 1.82) is 0 Å². The van der Waals surface area contributed by atoms with E-state index >= 15 is 0 Å². The summed E-state index contributed by atoms with van der Waals surface area (Å²) in [4.78, 5) is 10.5. The van der Waals surface area contributed by atoms with Gasteiger partial charge in [0.05, 0.1) is 39.0 Å². The van der Waals surface area contributed by atoms with Crippen LogP contribution >= 0.6 is 0 Å². The second-order valence-corrected chi connectivity index (χ2v) is 3.07. The number of aliphatic hydroxyl groups excluding tert-OH is 1. The molecule has 0 aliphatic heterocycles. The van der Waals surface area contributed by atoms with Gasteiger partial charge in [-0.15, -0.1) is 0 Å². The average Bonchev–Trinajstić information content (AvgIpc) is 2.17. The van der Waals surface area contributed by atoms with Crippen molar-refractivity contribution in [2.45, 2.75) is 25.4 Å². The molecular formula is C10H19O5. The molecule has 0 aromatic heterocycles. The van der Waals surface area contributed by atoms with Crippen molar-refractivity contribution < 1.29 is 24.5 Å². The molecule has 0 aromatic carbocycles. The minimum Gasteiger partial charge on any atom is -0.481 e. The molecule has 0 saturated heterocycles. The topological polar surface area (TPSA) is 76.0 Å². The Morgan fingerprint density at radius 2 is 2.07 bits per heavy atom. The maximum absolute atomic E-state index is 10.5. The van der Waals surface area contributed by atoms with Gasteiger partial charge in [0.2, 0.25) is 0 Å². The number of carboxylic acid groups (broad SMARTS) is 1. The van der Waals surface area contributed by atoms with Crippen LogP contribution in [0.5, 0.6) is 0 Å². The summed E-state index contributed by atoms with van der Waals surface area (Å²) in [6, 6.07) is 0. The minimum atomic E-state index is -0.871. The summed E-state index contributed by atoms with van der Waals surface area (Å²) in [7, 11) is 0. The number of aliphatic carboxylic acids is 1. The van der Waals surface area contributed by atoms with Gasteiger partial charge in [-0.05, 0) is 6.42 Å². The number of hydrogen-bond acceptors (Lipinski definition) is 4. The van der Waals surface area contributed by atoms with Gasteiger partial charge in [-0.25, -0.2) is 0 Å². The molecule has 0 fully saturated rings. The third kappa shape index (κ3) is 9.65. The monoisotopic (exact) mass is 219 g/mol. The predicted molar refractivity (Wildman–Crippen MR) is 54.5 cm³/mol. The van der Waals surface area contributed by atoms with E-state index in [0.29, 0.717) is 26.1 Å². The van der Waals surface area contributed by atoms with Gasteiger partial charge in [-0.1, -0.05) is 13.3 Å². The molecule has 0 heterocycles. The lowest BCUT2D eigenvalue weighted by Crippen LogP contribution is -2.20. The third-order valence-electron chi connectivity index (χ3n) is 1.75. The second-order valence-electron chi connectivity index (χ2n) is 3.07. The van der Waals surface area contributed by atoms with Crippen LogP contribution in [0.3, 0.4) is 0 Å². The van der Waals surface area contributed by atoms with E-state index < -0.39 is 5.97 Å². The van der Waals surface area contributed by atoms with Crippen LogP contribution in [0, 0.1) is 6.92 Å². The lowest BCUT2D eigenvalue weighted by atomic mass is 10.1. The fourth-order valence-corrected chi connectivity index (χ4v) is 1.11. The molecule has 89 valence electrons. The van der Waals surface area contributed by atoms with Crippen LogP contribution in [0.2, 0.25) is 0 Å². The summed E-state index contributed by atoms with van der Waals surface area (Å²) in [6.07, 6.45) is 0.981. The molecule has 0 aliphatic rings. The normalized spacial score (nSPS) is 12.7. The van der Waals surface area contributed by atoms with Crippen molar-refractivity contribution in [2.75, 3.05) is 26.4 Å².